The zero-order valence-electron chi connectivity index (χ0n) is 16.4. The predicted octanol–water partition coefficient (Wildman–Crippen LogP) is 2.63. The molecule has 4 rings (SSSR count). The average molecular weight is 413 g/mol. The van der Waals surface area contributed by atoms with Crippen LogP contribution in [0.25, 0.3) is 10.9 Å². The van der Waals surface area contributed by atoms with E-state index in [9.17, 15) is 18.4 Å². The molecule has 0 spiro atoms. The van der Waals surface area contributed by atoms with E-state index in [0.29, 0.717) is 31.9 Å². The van der Waals surface area contributed by atoms with Crippen molar-refractivity contribution in [3.05, 3.63) is 59.8 Å². The highest BCUT2D eigenvalue weighted by Gasteiger charge is 2.29. The van der Waals surface area contributed by atoms with Crippen LogP contribution in [0.5, 0.6) is 0 Å². The van der Waals surface area contributed by atoms with E-state index in [1.165, 1.54) is 0 Å². The first kappa shape index (κ1) is 20.0. The van der Waals surface area contributed by atoms with Crippen LogP contribution in [0.15, 0.2) is 42.5 Å². The Kier molecular flexibility index (Phi) is 5.45. The summed E-state index contributed by atoms with van der Waals surface area (Å²) in [6, 6.07) is 9.79. The summed E-state index contributed by atoms with van der Waals surface area (Å²) in [5.74, 6) is -1.92. The minimum absolute atomic E-state index is 0.161. The van der Waals surface area contributed by atoms with Crippen LogP contribution >= 0.6 is 0 Å². The van der Waals surface area contributed by atoms with E-state index >= 15 is 0 Å². The fraction of sp³-hybridized carbons (Fsp3) is 0.286. The molecule has 1 aromatic heterocycles. The van der Waals surface area contributed by atoms with Crippen LogP contribution in [0.3, 0.4) is 0 Å². The first-order valence-electron chi connectivity index (χ1n) is 9.66. The van der Waals surface area contributed by atoms with Gasteiger partial charge in [-0.05, 0) is 25.1 Å². The van der Waals surface area contributed by atoms with Crippen LogP contribution < -0.4 is 5.32 Å². The Morgan fingerprint density at radius 2 is 1.83 bits per heavy atom. The van der Waals surface area contributed by atoms with Crippen LogP contribution in [-0.2, 0) is 4.79 Å². The number of amides is 2. The van der Waals surface area contributed by atoms with Crippen molar-refractivity contribution < 1.29 is 18.4 Å². The molecule has 7 nitrogen and oxygen atoms in total. The molecule has 2 amide bonds. The van der Waals surface area contributed by atoms with Crippen LogP contribution in [-0.4, -0.2) is 64.0 Å². The summed E-state index contributed by atoms with van der Waals surface area (Å²) in [4.78, 5) is 29.0. The first-order chi connectivity index (χ1) is 14.4. The van der Waals surface area contributed by atoms with Gasteiger partial charge in [-0.2, -0.15) is 5.10 Å². The Hall–Kier alpha value is -3.33. The van der Waals surface area contributed by atoms with Crippen LogP contribution in [0.4, 0.5) is 14.5 Å². The molecule has 1 saturated heterocycles. The number of piperazine rings is 1. The Balaban J connectivity index is 1.37. The van der Waals surface area contributed by atoms with Gasteiger partial charge in [0.15, 0.2) is 5.69 Å². The SMILES string of the molecule is CC(C(=O)Nc1cc(F)ccc1F)N1CCN(C(=O)c2n[nH]c3ccccc23)CC1. The summed E-state index contributed by atoms with van der Waals surface area (Å²) >= 11 is 0. The lowest BCUT2D eigenvalue weighted by Gasteiger charge is -2.37. The van der Waals surface area contributed by atoms with Gasteiger partial charge >= 0.3 is 0 Å². The molecule has 9 heteroatoms. The van der Waals surface area contributed by atoms with Crippen molar-refractivity contribution in [2.75, 3.05) is 31.5 Å². The molecular weight excluding hydrogens is 392 g/mol. The number of anilines is 1. The molecule has 2 N–H and O–H groups in total. The third-order valence-corrected chi connectivity index (χ3v) is 5.39. The summed E-state index contributed by atoms with van der Waals surface area (Å²) in [5, 5.41) is 10.2. The van der Waals surface area contributed by atoms with E-state index in [2.05, 4.69) is 15.5 Å². The Bertz CT molecular complexity index is 1090. The maximum Gasteiger partial charge on any atom is 0.275 e. The minimum Gasteiger partial charge on any atom is -0.335 e. The molecule has 30 heavy (non-hydrogen) atoms. The molecule has 1 aliphatic heterocycles. The Morgan fingerprint density at radius 3 is 2.60 bits per heavy atom. The standard InChI is InChI=1S/C21H21F2N5O2/c1-13(20(29)24-18-12-14(22)6-7-16(18)23)27-8-10-28(11-9-27)21(30)19-15-4-2-3-5-17(15)25-26-19/h2-7,12-13H,8-11H2,1H3,(H,24,29)(H,25,26). The maximum absolute atomic E-state index is 13.8. The number of para-hydroxylation sites is 1. The zero-order valence-corrected chi connectivity index (χ0v) is 16.4. The summed E-state index contributed by atoms with van der Waals surface area (Å²) in [5.41, 5.74) is 0.992. The molecule has 0 radical (unpaired) electrons. The lowest BCUT2D eigenvalue weighted by atomic mass is 10.1. The quantitative estimate of drug-likeness (QED) is 0.689. The van der Waals surface area contributed by atoms with E-state index in [0.717, 1.165) is 29.1 Å². The number of H-pyrrole nitrogens is 1. The van der Waals surface area contributed by atoms with Gasteiger partial charge < -0.3 is 10.2 Å². The lowest BCUT2D eigenvalue weighted by molar-refractivity contribution is -0.121. The molecule has 0 aliphatic carbocycles. The van der Waals surface area contributed by atoms with Crippen molar-refractivity contribution in [3.8, 4) is 0 Å². The van der Waals surface area contributed by atoms with Crippen LogP contribution in [0.1, 0.15) is 17.4 Å². The number of fused-ring (bicyclic) bond motifs is 1. The molecule has 3 aromatic rings. The van der Waals surface area contributed by atoms with Crippen molar-refractivity contribution in [3.63, 3.8) is 0 Å². The normalized spacial score (nSPS) is 15.9. The van der Waals surface area contributed by atoms with Gasteiger partial charge in [-0.1, -0.05) is 18.2 Å². The Labute approximate surface area is 171 Å². The molecule has 2 aromatic carbocycles. The van der Waals surface area contributed by atoms with E-state index < -0.39 is 23.6 Å². The van der Waals surface area contributed by atoms with Gasteiger partial charge in [-0.25, -0.2) is 8.78 Å². The smallest absolute Gasteiger partial charge is 0.275 e. The highest BCUT2D eigenvalue weighted by molar-refractivity contribution is 6.04. The summed E-state index contributed by atoms with van der Waals surface area (Å²) in [6.45, 7) is 3.53. The minimum atomic E-state index is -0.696. The third kappa shape index (κ3) is 3.88. The second kappa shape index (κ2) is 8.19. The largest absolute Gasteiger partial charge is 0.335 e. The van der Waals surface area contributed by atoms with E-state index in [-0.39, 0.29) is 11.6 Å². The second-order valence-corrected chi connectivity index (χ2v) is 7.24. The molecule has 1 unspecified atom stereocenters. The molecule has 1 aliphatic rings. The van der Waals surface area contributed by atoms with Crippen molar-refractivity contribution >= 4 is 28.4 Å². The number of nitrogens with one attached hydrogen (secondary N) is 2. The number of halogens is 2. The number of hydrogen-bond acceptors (Lipinski definition) is 4. The molecule has 2 heterocycles. The number of nitrogens with zero attached hydrogens (tertiary/aromatic N) is 3. The molecule has 0 bridgehead atoms. The van der Waals surface area contributed by atoms with Crippen LogP contribution in [0.2, 0.25) is 0 Å². The van der Waals surface area contributed by atoms with Gasteiger partial charge in [0.25, 0.3) is 5.91 Å². The average Bonchev–Trinajstić information content (AvgIpc) is 3.19. The highest BCUT2D eigenvalue weighted by atomic mass is 19.1. The summed E-state index contributed by atoms with van der Waals surface area (Å²) in [6.07, 6.45) is 0. The molecule has 156 valence electrons. The van der Waals surface area contributed by atoms with Gasteiger partial charge in [0.05, 0.1) is 17.2 Å². The van der Waals surface area contributed by atoms with Crippen molar-refractivity contribution in [1.29, 1.82) is 0 Å². The fourth-order valence-corrected chi connectivity index (χ4v) is 3.58. The highest BCUT2D eigenvalue weighted by Crippen LogP contribution is 2.19. The van der Waals surface area contributed by atoms with Gasteiger partial charge in [0.1, 0.15) is 11.6 Å². The van der Waals surface area contributed by atoms with E-state index in [1.54, 1.807) is 11.8 Å². The van der Waals surface area contributed by atoms with Gasteiger partial charge in [-0.3, -0.25) is 19.6 Å². The molecule has 1 atom stereocenters. The number of rotatable bonds is 4. The van der Waals surface area contributed by atoms with Gasteiger partial charge in [-0.15, -0.1) is 0 Å². The predicted molar refractivity (Wildman–Crippen MR) is 108 cm³/mol. The molecular formula is C21H21F2N5O2. The third-order valence-electron chi connectivity index (χ3n) is 5.39. The number of aromatic nitrogens is 2. The van der Waals surface area contributed by atoms with Gasteiger partial charge in [0.2, 0.25) is 5.91 Å². The second-order valence-electron chi connectivity index (χ2n) is 7.24. The fourth-order valence-electron chi connectivity index (χ4n) is 3.58. The number of aromatic amines is 1. The topological polar surface area (TPSA) is 81.3 Å². The molecule has 0 saturated carbocycles. The lowest BCUT2D eigenvalue weighted by Crippen LogP contribution is -2.54. The number of carbonyl (C=O) groups is 2. The van der Waals surface area contributed by atoms with Crippen molar-refractivity contribution in [2.24, 2.45) is 0 Å². The summed E-state index contributed by atoms with van der Waals surface area (Å²) in [7, 11) is 0. The number of benzene rings is 2. The maximum atomic E-state index is 13.8. The monoisotopic (exact) mass is 413 g/mol. The van der Waals surface area contributed by atoms with E-state index in [1.807, 2.05) is 29.2 Å². The zero-order chi connectivity index (χ0) is 21.3. The van der Waals surface area contributed by atoms with Crippen molar-refractivity contribution in [2.45, 2.75) is 13.0 Å². The van der Waals surface area contributed by atoms with Gasteiger partial charge in [0, 0.05) is 37.6 Å². The summed E-state index contributed by atoms with van der Waals surface area (Å²) < 4.78 is 27.1. The van der Waals surface area contributed by atoms with E-state index in [4.69, 9.17) is 0 Å². The molecule has 1 fully saturated rings. The van der Waals surface area contributed by atoms with Crippen molar-refractivity contribution in [1.82, 2.24) is 20.0 Å². The number of hydrogen-bond donors (Lipinski definition) is 2. The Morgan fingerprint density at radius 1 is 1.10 bits per heavy atom. The number of carbonyl (C=O) groups excluding carboxylic acids is 2. The first-order valence-corrected chi connectivity index (χ1v) is 9.66. The van der Waals surface area contributed by atoms with Crippen LogP contribution in [0, 0.1) is 11.6 Å².